The van der Waals surface area contributed by atoms with E-state index in [2.05, 4.69) is 5.32 Å². The van der Waals surface area contributed by atoms with Crippen LogP contribution in [-0.2, 0) is 6.54 Å². The van der Waals surface area contributed by atoms with Crippen molar-refractivity contribution in [1.29, 1.82) is 0 Å². The lowest BCUT2D eigenvalue weighted by atomic mass is 9.82. The second-order valence-corrected chi connectivity index (χ2v) is 4.25. The van der Waals surface area contributed by atoms with Gasteiger partial charge in [-0.2, -0.15) is 0 Å². The molecule has 0 heterocycles. The zero-order chi connectivity index (χ0) is 10.7. The molecule has 3 nitrogen and oxygen atoms in total. The molecule has 3 heteroatoms. The molecule has 2 rings (SSSR count). The fourth-order valence-corrected chi connectivity index (χ4v) is 1.94. The fourth-order valence-electron chi connectivity index (χ4n) is 1.94. The topological polar surface area (TPSA) is 52.5 Å². The van der Waals surface area contributed by atoms with Crippen molar-refractivity contribution >= 4 is 0 Å². The first kappa shape index (κ1) is 10.5. The van der Waals surface area contributed by atoms with Crippen molar-refractivity contribution in [1.82, 2.24) is 5.32 Å². The Morgan fingerprint density at radius 2 is 2.00 bits per heavy atom. The molecule has 1 aromatic rings. The predicted molar refractivity (Wildman–Crippen MR) is 58.5 cm³/mol. The number of rotatable bonds is 4. The monoisotopic (exact) mass is 207 g/mol. The zero-order valence-corrected chi connectivity index (χ0v) is 8.69. The van der Waals surface area contributed by atoms with Crippen LogP contribution in [0.4, 0.5) is 0 Å². The Morgan fingerprint density at radius 1 is 1.27 bits per heavy atom. The first-order valence-electron chi connectivity index (χ1n) is 5.41. The molecule has 0 bridgehead atoms. The number of hydrogen-bond acceptors (Lipinski definition) is 3. The average Bonchev–Trinajstić information content (AvgIpc) is 2.18. The minimum atomic E-state index is -0.0815. The van der Waals surface area contributed by atoms with Crippen LogP contribution in [0.25, 0.3) is 0 Å². The van der Waals surface area contributed by atoms with Crippen molar-refractivity contribution in [3.05, 3.63) is 29.8 Å². The molecule has 0 amide bonds. The summed E-state index contributed by atoms with van der Waals surface area (Å²) in [5.41, 5.74) is 0.928. The van der Waals surface area contributed by atoms with Crippen molar-refractivity contribution in [2.24, 2.45) is 5.92 Å². The molecular weight excluding hydrogens is 190 g/mol. The molecule has 1 saturated carbocycles. The van der Waals surface area contributed by atoms with E-state index in [-0.39, 0.29) is 6.10 Å². The van der Waals surface area contributed by atoms with Crippen LogP contribution in [0.15, 0.2) is 24.3 Å². The van der Waals surface area contributed by atoms with E-state index in [1.54, 1.807) is 6.07 Å². The van der Waals surface area contributed by atoms with Crippen LogP contribution in [0.3, 0.4) is 0 Å². The highest BCUT2D eigenvalue weighted by atomic mass is 16.3. The second-order valence-electron chi connectivity index (χ2n) is 4.25. The van der Waals surface area contributed by atoms with E-state index in [9.17, 15) is 5.11 Å². The first-order chi connectivity index (χ1) is 7.25. The summed E-state index contributed by atoms with van der Waals surface area (Å²) in [5, 5.41) is 21.9. The maximum Gasteiger partial charge on any atom is 0.120 e. The maximum atomic E-state index is 9.51. The summed E-state index contributed by atoms with van der Waals surface area (Å²) in [4.78, 5) is 0. The number of benzene rings is 1. The number of aliphatic hydroxyl groups excluding tert-OH is 1. The maximum absolute atomic E-state index is 9.51. The lowest BCUT2D eigenvalue weighted by Crippen LogP contribution is -2.35. The van der Waals surface area contributed by atoms with Gasteiger partial charge in [-0.05, 0) is 31.4 Å². The molecule has 3 N–H and O–H groups in total. The standard InChI is InChI=1S/C12H17NO2/c14-11-5-9(6-11)7-13-8-10-3-1-2-4-12(10)15/h1-4,9,11,13-15H,5-8H2. The van der Waals surface area contributed by atoms with Gasteiger partial charge in [0, 0.05) is 12.1 Å². The van der Waals surface area contributed by atoms with E-state index < -0.39 is 0 Å². The number of phenolic OH excluding ortho intramolecular Hbond substituents is 1. The van der Waals surface area contributed by atoms with Gasteiger partial charge in [0.2, 0.25) is 0 Å². The quantitative estimate of drug-likeness (QED) is 0.696. The molecule has 82 valence electrons. The molecular formula is C12H17NO2. The van der Waals surface area contributed by atoms with E-state index in [4.69, 9.17) is 5.11 Å². The Balaban J connectivity index is 1.72. The first-order valence-corrected chi connectivity index (χ1v) is 5.41. The predicted octanol–water partition coefficient (Wildman–Crippen LogP) is 1.25. The Bertz CT molecular complexity index is 321. The Kier molecular flexibility index (Phi) is 3.23. The average molecular weight is 207 g/mol. The third kappa shape index (κ3) is 2.70. The molecule has 0 radical (unpaired) electrons. The van der Waals surface area contributed by atoms with Crippen molar-refractivity contribution in [2.45, 2.75) is 25.5 Å². The van der Waals surface area contributed by atoms with Gasteiger partial charge < -0.3 is 15.5 Å². The number of aromatic hydroxyl groups is 1. The number of aliphatic hydroxyl groups is 1. The third-order valence-corrected chi connectivity index (χ3v) is 2.95. The van der Waals surface area contributed by atoms with Crippen LogP contribution in [0, 0.1) is 5.92 Å². The Labute approximate surface area is 89.8 Å². The van der Waals surface area contributed by atoms with E-state index in [0.29, 0.717) is 18.2 Å². The van der Waals surface area contributed by atoms with Crippen LogP contribution in [0.2, 0.25) is 0 Å². The molecule has 0 aliphatic heterocycles. The lowest BCUT2D eigenvalue weighted by molar-refractivity contribution is 0.0429. The van der Waals surface area contributed by atoms with E-state index in [0.717, 1.165) is 24.9 Å². The van der Waals surface area contributed by atoms with Crippen LogP contribution >= 0.6 is 0 Å². The fraction of sp³-hybridized carbons (Fsp3) is 0.500. The van der Waals surface area contributed by atoms with Crippen molar-refractivity contribution in [3.63, 3.8) is 0 Å². The van der Waals surface area contributed by atoms with Crippen LogP contribution in [0.5, 0.6) is 5.75 Å². The van der Waals surface area contributed by atoms with Gasteiger partial charge in [-0.25, -0.2) is 0 Å². The number of nitrogens with one attached hydrogen (secondary N) is 1. The molecule has 0 saturated heterocycles. The van der Waals surface area contributed by atoms with Crippen molar-refractivity contribution < 1.29 is 10.2 Å². The molecule has 0 atom stereocenters. The van der Waals surface area contributed by atoms with Gasteiger partial charge in [-0.3, -0.25) is 0 Å². The van der Waals surface area contributed by atoms with Crippen molar-refractivity contribution in [2.75, 3.05) is 6.54 Å². The molecule has 15 heavy (non-hydrogen) atoms. The zero-order valence-electron chi connectivity index (χ0n) is 8.69. The summed E-state index contributed by atoms with van der Waals surface area (Å²) < 4.78 is 0. The minimum absolute atomic E-state index is 0.0815. The van der Waals surface area contributed by atoms with Gasteiger partial charge in [-0.15, -0.1) is 0 Å². The molecule has 1 aromatic carbocycles. The van der Waals surface area contributed by atoms with Gasteiger partial charge in [0.25, 0.3) is 0 Å². The number of phenols is 1. The Hall–Kier alpha value is -1.06. The van der Waals surface area contributed by atoms with Gasteiger partial charge >= 0.3 is 0 Å². The summed E-state index contributed by atoms with van der Waals surface area (Å²) in [6, 6.07) is 7.35. The normalized spacial score (nSPS) is 24.9. The molecule has 0 unspecified atom stereocenters. The van der Waals surface area contributed by atoms with Gasteiger partial charge in [0.05, 0.1) is 6.10 Å². The highest BCUT2D eigenvalue weighted by Gasteiger charge is 2.26. The largest absolute Gasteiger partial charge is 0.508 e. The summed E-state index contributed by atoms with van der Waals surface area (Å²) >= 11 is 0. The molecule has 1 aliphatic carbocycles. The smallest absolute Gasteiger partial charge is 0.120 e. The molecule has 1 aliphatic rings. The molecule has 0 aromatic heterocycles. The summed E-state index contributed by atoms with van der Waals surface area (Å²) in [7, 11) is 0. The van der Waals surface area contributed by atoms with Gasteiger partial charge in [0.15, 0.2) is 0 Å². The van der Waals surface area contributed by atoms with Crippen LogP contribution in [0.1, 0.15) is 18.4 Å². The lowest BCUT2D eigenvalue weighted by Gasteiger charge is -2.31. The van der Waals surface area contributed by atoms with E-state index in [1.165, 1.54) is 0 Å². The summed E-state index contributed by atoms with van der Waals surface area (Å²) in [6.07, 6.45) is 1.74. The molecule has 1 fully saturated rings. The van der Waals surface area contributed by atoms with Crippen molar-refractivity contribution in [3.8, 4) is 5.75 Å². The minimum Gasteiger partial charge on any atom is -0.508 e. The summed E-state index contributed by atoms with van der Waals surface area (Å²) in [6.45, 7) is 1.62. The number of hydrogen-bond donors (Lipinski definition) is 3. The van der Waals surface area contributed by atoms with Crippen LogP contribution in [-0.4, -0.2) is 22.9 Å². The van der Waals surface area contributed by atoms with E-state index in [1.807, 2.05) is 18.2 Å². The number of para-hydroxylation sites is 1. The second kappa shape index (κ2) is 4.64. The highest BCUT2D eigenvalue weighted by molar-refractivity contribution is 5.31. The SMILES string of the molecule is Oc1ccccc1CNCC1CC(O)C1. The highest BCUT2D eigenvalue weighted by Crippen LogP contribution is 2.26. The van der Waals surface area contributed by atoms with Gasteiger partial charge in [-0.1, -0.05) is 18.2 Å². The van der Waals surface area contributed by atoms with Gasteiger partial charge in [0.1, 0.15) is 5.75 Å². The third-order valence-electron chi connectivity index (χ3n) is 2.95. The van der Waals surface area contributed by atoms with Crippen LogP contribution < -0.4 is 5.32 Å². The Morgan fingerprint density at radius 3 is 2.67 bits per heavy atom. The molecule has 0 spiro atoms. The van der Waals surface area contributed by atoms with E-state index >= 15 is 0 Å². The summed E-state index contributed by atoms with van der Waals surface area (Å²) in [5.74, 6) is 0.949.